The largest absolute Gasteiger partial charge is 0.532 e. The van der Waals surface area contributed by atoms with E-state index in [1.165, 1.54) is 0 Å². The Balaban J connectivity index is 3.03. The van der Waals surface area contributed by atoms with E-state index in [1.54, 1.807) is 0 Å². The first-order valence-corrected chi connectivity index (χ1v) is 9.18. The van der Waals surface area contributed by atoms with Crippen molar-refractivity contribution >= 4 is 14.5 Å². The molecule has 0 aliphatic heterocycles. The fourth-order valence-corrected chi connectivity index (χ4v) is 2.18. The molecule has 1 rings (SSSR count). The molecular weight excluding hydrogens is 290 g/mol. The minimum Gasteiger partial charge on any atom is -0.532 e. The molecule has 7 heteroatoms. The number of nitrogens with zero attached hydrogens (tertiary/aromatic N) is 1. The summed E-state index contributed by atoms with van der Waals surface area (Å²) in [6.45, 7) is 9.17. The van der Waals surface area contributed by atoms with Gasteiger partial charge in [0, 0.05) is 11.8 Å². The highest BCUT2D eigenvalue weighted by atomic mass is 28.4. The van der Waals surface area contributed by atoms with Gasteiger partial charge in [0.2, 0.25) is 8.32 Å². The van der Waals surface area contributed by atoms with Crippen LogP contribution in [0, 0.1) is 5.82 Å². The summed E-state index contributed by atoms with van der Waals surface area (Å²) in [5, 5.41) is 0. The summed E-state index contributed by atoms with van der Waals surface area (Å²) >= 11 is 0. The lowest BCUT2D eigenvalue weighted by atomic mass is 10.1. The zero-order valence-corrected chi connectivity index (χ0v) is 12.4. The first-order valence-electron chi connectivity index (χ1n) is 5.78. The van der Waals surface area contributed by atoms with Crippen LogP contribution in [-0.2, 0) is 10.6 Å². The molecule has 0 saturated heterocycles. The van der Waals surface area contributed by atoms with Crippen LogP contribution in [0.2, 0.25) is 19.6 Å². The van der Waals surface area contributed by atoms with Crippen molar-refractivity contribution in [1.29, 1.82) is 0 Å². The van der Waals surface area contributed by atoms with Crippen LogP contribution in [0.15, 0.2) is 35.7 Å². The highest BCUT2D eigenvalue weighted by Gasteiger charge is 2.33. The standard InChI is InChI=1S/C13H15F4NOSi/c1-9(19-20(2,3)4)18-8-10-7-11(14)5-6-12(10)13(15,16)17/h5-8H,1H2,2-4H3. The predicted molar refractivity (Wildman–Crippen MR) is 72.6 cm³/mol. The highest BCUT2D eigenvalue weighted by molar-refractivity contribution is 6.70. The van der Waals surface area contributed by atoms with Crippen LogP contribution in [0.1, 0.15) is 11.1 Å². The van der Waals surface area contributed by atoms with Gasteiger partial charge in [-0.15, -0.1) is 0 Å². The predicted octanol–water partition coefficient (Wildman–Crippen LogP) is 4.59. The van der Waals surface area contributed by atoms with Crippen LogP contribution in [0.5, 0.6) is 0 Å². The normalized spacial score (nSPS) is 12.8. The number of hydrogen-bond acceptors (Lipinski definition) is 2. The Bertz CT molecular complexity index is 532. The van der Waals surface area contributed by atoms with Crippen molar-refractivity contribution < 1.29 is 22.0 Å². The molecule has 0 unspecified atom stereocenters. The second-order valence-corrected chi connectivity index (χ2v) is 9.52. The molecule has 0 amide bonds. The fourth-order valence-electron chi connectivity index (χ4n) is 1.42. The van der Waals surface area contributed by atoms with Crippen LogP contribution in [0.4, 0.5) is 17.6 Å². The molecule has 0 aromatic heterocycles. The molecule has 0 aliphatic rings. The maximum absolute atomic E-state index is 13.1. The summed E-state index contributed by atoms with van der Waals surface area (Å²) in [6, 6.07) is 2.21. The van der Waals surface area contributed by atoms with Crippen molar-refractivity contribution in [3.8, 4) is 0 Å². The quantitative estimate of drug-likeness (QED) is 0.345. The van der Waals surface area contributed by atoms with Crippen molar-refractivity contribution in [2.75, 3.05) is 0 Å². The van der Waals surface area contributed by atoms with Gasteiger partial charge in [-0.2, -0.15) is 13.2 Å². The molecule has 0 radical (unpaired) electrons. The molecule has 0 heterocycles. The summed E-state index contributed by atoms with van der Waals surface area (Å²) in [4.78, 5) is 3.72. The molecule has 1 aromatic rings. The Kier molecular flexibility index (Phi) is 4.75. The average Bonchev–Trinajstić information content (AvgIpc) is 2.22. The monoisotopic (exact) mass is 305 g/mol. The molecule has 0 bridgehead atoms. The van der Waals surface area contributed by atoms with E-state index >= 15 is 0 Å². The van der Waals surface area contributed by atoms with Gasteiger partial charge in [-0.1, -0.05) is 0 Å². The maximum Gasteiger partial charge on any atom is 0.417 e. The number of halogens is 4. The van der Waals surface area contributed by atoms with Gasteiger partial charge in [0.1, 0.15) is 5.82 Å². The van der Waals surface area contributed by atoms with Gasteiger partial charge >= 0.3 is 6.18 Å². The number of hydrogen-bond donors (Lipinski definition) is 0. The lowest BCUT2D eigenvalue weighted by Gasteiger charge is -2.18. The smallest absolute Gasteiger partial charge is 0.417 e. The van der Waals surface area contributed by atoms with Crippen LogP contribution in [0.3, 0.4) is 0 Å². The zero-order chi connectivity index (χ0) is 15.6. The summed E-state index contributed by atoms with van der Waals surface area (Å²) in [5.41, 5.74) is -1.32. The van der Waals surface area contributed by atoms with Gasteiger partial charge in [-0.3, -0.25) is 0 Å². The minimum atomic E-state index is -4.57. The second kappa shape index (κ2) is 5.78. The average molecular weight is 305 g/mol. The summed E-state index contributed by atoms with van der Waals surface area (Å²) in [5.74, 6) is -0.752. The Hall–Kier alpha value is -1.63. The third-order valence-corrected chi connectivity index (χ3v) is 2.94. The van der Waals surface area contributed by atoms with E-state index in [4.69, 9.17) is 4.43 Å². The number of alkyl halides is 3. The van der Waals surface area contributed by atoms with Crippen molar-refractivity contribution in [3.05, 3.63) is 47.6 Å². The lowest BCUT2D eigenvalue weighted by molar-refractivity contribution is -0.137. The van der Waals surface area contributed by atoms with E-state index in [0.29, 0.717) is 6.07 Å². The number of benzene rings is 1. The first kappa shape index (κ1) is 16.4. The van der Waals surface area contributed by atoms with Crippen molar-refractivity contribution in [3.63, 3.8) is 0 Å². The van der Waals surface area contributed by atoms with Crippen LogP contribution >= 0.6 is 0 Å². The molecule has 0 N–H and O–H groups in total. The summed E-state index contributed by atoms with van der Waals surface area (Å²) < 4.78 is 56.7. The summed E-state index contributed by atoms with van der Waals surface area (Å²) in [7, 11) is -1.93. The van der Waals surface area contributed by atoms with E-state index in [1.807, 2.05) is 19.6 Å². The number of rotatable bonds is 4. The van der Waals surface area contributed by atoms with Gasteiger partial charge in [0.15, 0.2) is 5.88 Å². The second-order valence-electron chi connectivity index (χ2n) is 5.10. The Morgan fingerprint density at radius 2 is 1.90 bits per heavy atom. The SMILES string of the molecule is C=C(N=Cc1cc(F)ccc1C(F)(F)F)O[Si](C)(C)C. The van der Waals surface area contributed by atoms with Gasteiger partial charge in [-0.05, 0) is 44.4 Å². The van der Waals surface area contributed by atoms with Crippen LogP contribution < -0.4 is 0 Å². The van der Waals surface area contributed by atoms with E-state index in [0.717, 1.165) is 18.3 Å². The molecule has 110 valence electrons. The van der Waals surface area contributed by atoms with E-state index in [2.05, 4.69) is 11.6 Å². The molecule has 20 heavy (non-hydrogen) atoms. The molecule has 0 fully saturated rings. The molecule has 0 spiro atoms. The minimum absolute atomic E-state index is 0.0153. The maximum atomic E-state index is 13.1. The number of aliphatic imine (C=N–C) groups is 1. The highest BCUT2D eigenvalue weighted by Crippen LogP contribution is 2.31. The lowest BCUT2D eigenvalue weighted by Crippen LogP contribution is -2.24. The third-order valence-electron chi connectivity index (χ3n) is 2.09. The van der Waals surface area contributed by atoms with Crippen molar-refractivity contribution in [1.82, 2.24) is 0 Å². The van der Waals surface area contributed by atoms with E-state index in [9.17, 15) is 17.6 Å². The van der Waals surface area contributed by atoms with Crippen LogP contribution in [-0.4, -0.2) is 14.5 Å². The molecule has 0 atom stereocenters. The van der Waals surface area contributed by atoms with Gasteiger partial charge in [-0.25, -0.2) is 9.38 Å². The third kappa shape index (κ3) is 5.16. The molecular formula is C13H15F4NOSi. The van der Waals surface area contributed by atoms with Gasteiger partial charge < -0.3 is 4.43 Å². The molecule has 1 aromatic carbocycles. The molecule has 2 nitrogen and oxygen atoms in total. The summed E-state index contributed by atoms with van der Waals surface area (Å²) in [6.07, 6.45) is -3.66. The van der Waals surface area contributed by atoms with Crippen molar-refractivity contribution in [2.24, 2.45) is 4.99 Å². The Morgan fingerprint density at radius 3 is 2.40 bits per heavy atom. The molecule has 0 aliphatic carbocycles. The van der Waals surface area contributed by atoms with E-state index in [-0.39, 0.29) is 11.4 Å². The van der Waals surface area contributed by atoms with Crippen LogP contribution in [0.25, 0.3) is 0 Å². The molecule has 0 saturated carbocycles. The van der Waals surface area contributed by atoms with Crippen molar-refractivity contribution in [2.45, 2.75) is 25.8 Å². The first-order chi connectivity index (χ1) is 8.99. The Labute approximate surface area is 115 Å². The van der Waals surface area contributed by atoms with Gasteiger partial charge in [0.25, 0.3) is 0 Å². The van der Waals surface area contributed by atoms with Gasteiger partial charge in [0.05, 0.1) is 5.56 Å². The fraction of sp³-hybridized carbons (Fsp3) is 0.308. The zero-order valence-electron chi connectivity index (χ0n) is 11.4. The Morgan fingerprint density at radius 1 is 1.30 bits per heavy atom. The van der Waals surface area contributed by atoms with E-state index < -0.39 is 25.9 Å². The topological polar surface area (TPSA) is 21.6 Å².